The molecule has 0 aliphatic carbocycles. The third-order valence-corrected chi connectivity index (χ3v) is 2.08. The number of nitrogens with one attached hydrogen (secondary N) is 1. The molecule has 4 heteroatoms. The van der Waals surface area contributed by atoms with E-state index in [0.29, 0.717) is 0 Å². The molecule has 1 atom stereocenters. The summed E-state index contributed by atoms with van der Waals surface area (Å²) >= 11 is 1.50. The minimum atomic E-state index is -0.236. The number of hydrogen-bond acceptors (Lipinski definition) is 4. The molecule has 0 bridgehead atoms. The van der Waals surface area contributed by atoms with Crippen LogP contribution in [0, 0.1) is 11.3 Å². The first-order chi connectivity index (χ1) is 5.38. The van der Waals surface area contributed by atoms with E-state index in [0.717, 1.165) is 11.6 Å². The van der Waals surface area contributed by atoms with E-state index in [1.807, 2.05) is 12.3 Å². The zero-order valence-electron chi connectivity index (χ0n) is 6.24. The second kappa shape index (κ2) is 4.06. The molecule has 0 aromatic carbocycles. The summed E-state index contributed by atoms with van der Waals surface area (Å²) < 4.78 is 0. The average molecular weight is 167 g/mol. The molecule has 0 saturated heterocycles. The van der Waals surface area contributed by atoms with E-state index in [9.17, 15) is 0 Å². The number of thiazole rings is 1. The quantitative estimate of drug-likeness (QED) is 0.738. The van der Waals surface area contributed by atoms with Crippen molar-refractivity contribution in [1.29, 1.82) is 5.26 Å². The number of rotatable bonds is 3. The van der Waals surface area contributed by atoms with Crippen molar-refractivity contribution in [1.82, 2.24) is 10.3 Å². The Morgan fingerprint density at radius 1 is 1.91 bits per heavy atom. The van der Waals surface area contributed by atoms with Crippen molar-refractivity contribution in [3.05, 3.63) is 16.6 Å². The third kappa shape index (κ3) is 2.00. The van der Waals surface area contributed by atoms with Crippen LogP contribution in [0.1, 0.15) is 18.0 Å². The summed E-state index contributed by atoms with van der Waals surface area (Å²) in [5, 5.41) is 14.4. The lowest BCUT2D eigenvalue weighted by Gasteiger charge is -2.04. The van der Waals surface area contributed by atoms with Gasteiger partial charge in [-0.1, -0.05) is 6.92 Å². The molecule has 11 heavy (non-hydrogen) atoms. The van der Waals surface area contributed by atoms with Crippen molar-refractivity contribution < 1.29 is 0 Å². The Morgan fingerprint density at radius 3 is 3.18 bits per heavy atom. The van der Waals surface area contributed by atoms with E-state index in [1.54, 1.807) is 6.20 Å². The Hall–Kier alpha value is -0.920. The van der Waals surface area contributed by atoms with E-state index in [-0.39, 0.29) is 6.04 Å². The molecule has 1 unspecified atom stereocenters. The van der Waals surface area contributed by atoms with Crippen LogP contribution in [0.15, 0.2) is 11.6 Å². The molecule has 1 heterocycles. The third-order valence-electron chi connectivity index (χ3n) is 1.24. The van der Waals surface area contributed by atoms with Gasteiger partial charge in [-0.15, -0.1) is 11.3 Å². The van der Waals surface area contributed by atoms with Gasteiger partial charge in [0, 0.05) is 11.6 Å². The van der Waals surface area contributed by atoms with Crippen LogP contribution >= 0.6 is 11.3 Å². The molecule has 0 saturated carbocycles. The number of aromatic nitrogens is 1. The Balaban J connectivity index is 2.65. The van der Waals surface area contributed by atoms with Gasteiger partial charge in [-0.2, -0.15) is 5.26 Å². The lowest BCUT2D eigenvalue weighted by Crippen LogP contribution is -2.18. The van der Waals surface area contributed by atoms with Gasteiger partial charge in [0.2, 0.25) is 0 Å². The molecule has 58 valence electrons. The molecule has 0 aliphatic rings. The molecule has 3 nitrogen and oxygen atoms in total. The Bertz CT molecular complexity index is 237. The molecule has 0 spiro atoms. The predicted octanol–water partition coefficient (Wildman–Crippen LogP) is 1.32. The largest absolute Gasteiger partial charge is 0.296 e. The molecular formula is C7H9N3S. The predicted molar refractivity (Wildman–Crippen MR) is 44.1 cm³/mol. The van der Waals surface area contributed by atoms with Crippen LogP contribution in [0.2, 0.25) is 0 Å². The summed E-state index contributed by atoms with van der Waals surface area (Å²) in [5.74, 6) is 0. The van der Waals surface area contributed by atoms with Gasteiger partial charge in [0.15, 0.2) is 0 Å². The lowest BCUT2D eigenvalue weighted by molar-refractivity contribution is 0.654. The molecule has 1 aromatic heterocycles. The smallest absolute Gasteiger partial charge is 0.148 e. The van der Waals surface area contributed by atoms with Gasteiger partial charge in [-0.25, -0.2) is 4.98 Å². The normalized spacial score (nSPS) is 12.4. The average Bonchev–Trinajstić information content (AvgIpc) is 2.52. The summed E-state index contributed by atoms with van der Waals surface area (Å²) in [4.78, 5) is 4.04. The fourth-order valence-electron chi connectivity index (χ4n) is 0.769. The topological polar surface area (TPSA) is 48.7 Å². The summed E-state index contributed by atoms with van der Waals surface area (Å²) in [7, 11) is 0. The zero-order chi connectivity index (χ0) is 8.10. The lowest BCUT2D eigenvalue weighted by atomic mass is 10.3. The van der Waals surface area contributed by atoms with Crippen LogP contribution in [0.5, 0.6) is 0 Å². The SMILES string of the molecule is CCNC(C#N)c1nccs1. The fourth-order valence-corrected chi connectivity index (χ4v) is 1.42. The van der Waals surface area contributed by atoms with Crippen molar-refractivity contribution in [3.63, 3.8) is 0 Å². The van der Waals surface area contributed by atoms with Gasteiger partial charge in [-0.3, -0.25) is 5.32 Å². The Labute approximate surface area is 69.7 Å². The van der Waals surface area contributed by atoms with E-state index in [1.165, 1.54) is 11.3 Å². The first-order valence-corrected chi connectivity index (χ1v) is 4.28. The maximum absolute atomic E-state index is 8.68. The van der Waals surface area contributed by atoms with Crippen molar-refractivity contribution in [3.8, 4) is 6.07 Å². The van der Waals surface area contributed by atoms with Crippen LogP contribution < -0.4 is 5.32 Å². The van der Waals surface area contributed by atoms with Gasteiger partial charge in [-0.05, 0) is 6.54 Å². The number of nitriles is 1. The highest BCUT2D eigenvalue weighted by Crippen LogP contribution is 2.13. The first kappa shape index (κ1) is 8.18. The standard InChI is InChI=1S/C7H9N3S/c1-2-9-6(5-8)7-10-3-4-11-7/h3-4,6,9H,2H2,1H3. The van der Waals surface area contributed by atoms with Crippen LogP contribution in [-0.4, -0.2) is 11.5 Å². The van der Waals surface area contributed by atoms with Crippen LogP contribution in [0.3, 0.4) is 0 Å². The molecule has 0 aliphatic heterocycles. The van der Waals surface area contributed by atoms with Crippen molar-refractivity contribution in [2.75, 3.05) is 6.54 Å². The maximum atomic E-state index is 8.68. The van der Waals surface area contributed by atoms with Gasteiger partial charge in [0.1, 0.15) is 11.0 Å². The van der Waals surface area contributed by atoms with Gasteiger partial charge < -0.3 is 0 Å². The van der Waals surface area contributed by atoms with Gasteiger partial charge in [0.05, 0.1) is 6.07 Å². The summed E-state index contributed by atoms with van der Waals surface area (Å²) in [6.45, 7) is 2.76. The highest BCUT2D eigenvalue weighted by atomic mass is 32.1. The molecule has 1 rings (SSSR count). The first-order valence-electron chi connectivity index (χ1n) is 3.41. The molecule has 1 aromatic rings. The van der Waals surface area contributed by atoms with Crippen LogP contribution in [0.4, 0.5) is 0 Å². The van der Waals surface area contributed by atoms with Crippen LogP contribution in [-0.2, 0) is 0 Å². The van der Waals surface area contributed by atoms with E-state index in [4.69, 9.17) is 5.26 Å². The van der Waals surface area contributed by atoms with Crippen molar-refractivity contribution in [2.45, 2.75) is 13.0 Å². The van der Waals surface area contributed by atoms with E-state index in [2.05, 4.69) is 16.4 Å². The van der Waals surface area contributed by atoms with Gasteiger partial charge >= 0.3 is 0 Å². The van der Waals surface area contributed by atoms with Crippen LogP contribution in [0.25, 0.3) is 0 Å². The van der Waals surface area contributed by atoms with Crippen molar-refractivity contribution in [2.24, 2.45) is 0 Å². The van der Waals surface area contributed by atoms with E-state index < -0.39 is 0 Å². The number of nitrogens with zero attached hydrogens (tertiary/aromatic N) is 2. The highest BCUT2D eigenvalue weighted by Gasteiger charge is 2.09. The Morgan fingerprint density at radius 2 is 2.73 bits per heavy atom. The molecule has 0 radical (unpaired) electrons. The summed E-state index contributed by atoms with van der Waals surface area (Å²) in [6.07, 6.45) is 1.71. The second-order valence-corrected chi connectivity index (χ2v) is 2.92. The summed E-state index contributed by atoms with van der Waals surface area (Å²) in [6, 6.07) is 1.91. The molecular weight excluding hydrogens is 158 g/mol. The number of hydrogen-bond donors (Lipinski definition) is 1. The minimum absolute atomic E-state index is 0.236. The highest BCUT2D eigenvalue weighted by molar-refractivity contribution is 7.09. The van der Waals surface area contributed by atoms with E-state index >= 15 is 0 Å². The second-order valence-electron chi connectivity index (χ2n) is 1.99. The van der Waals surface area contributed by atoms with Gasteiger partial charge in [0.25, 0.3) is 0 Å². The monoisotopic (exact) mass is 167 g/mol. The van der Waals surface area contributed by atoms with Crippen molar-refractivity contribution >= 4 is 11.3 Å². The Kier molecular flexibility index (Phi) is 3.02. The fraction of sp³-hybridized carbons (Fsp3) is 0.429. The minimum Gasteiger partial charge on any atom is -0.296 e. The summed E-state index contributed by atoms with van der Waals surface area (Å²) in [5.41, 5.74) is 0. The molecule has 1 N–H and O–H groups in total. The maximum Gasteiger partial charge on any atom is 0.148 e. The zero-order valence-corrected chi connectivity index (χ0v) is 7.06. The molecule has 0 fully saturated rings. The molecule has 0 amide bonds.